The fourth-order valence-electron chi connectivity index (χ4n) is 10.3. The van der Waals surface area contributed by atoms with Crippen LogP contribution in [0.4, 0.5) is 4.79 Å². The Morgan fingerprint density at radius 3 is 1.73 bits per heavy atom. The first-order valence-electron chi connectivity index (χ1n) is 22.8. The summed E-state index contributed by atoms with van der Waals surface area (Å²) in [5.74, 6) is 0.0739. The fourth-order valence-corrected chi connectivity index (χ4v) is 10.5. The molecule has 5 nitrogen and oxygen atoms in total. The highest BCUT2D eigenvalue weighted by molar-refractivity contribution is 6.31. The van der Waals surface area contributed by atoms with E-state index in [0.29, 0.717) is 29.5 Å². The molecule has 1 aliphatic heterocycles. The summed E-state index contributed by atoms with van der Waals surface area (Å²) in [6, 6.07) is 42.8. The molecule has 8 rings (SSSR count). The van der Waals surface area contributed by atoms with Crippen molar-refractivity contribution in [3.05, 3.63) is 166 Å². The van der Waals surface area contributed by atoms with Crippen LogP contribution < -0.4 is 0 Å². The molecule has 5 aromatic carbocycles. The molecule has 1 unspecified atom stereocenters. The normalized spacial score (nSPS) is 19.1. The summed E-state index contributed by atoms with van der Waals surface area (Å²) in [6.45, 7) is 0.770. The zero-order valence-electron chi connectivity index (χ0n) is 35.0. The summed E-state index contributed by atoms with van der Waals surface area (Å²) in [6.07, 6.45) is 18.2. The molecule has 1 heterocycles. The maximum Gasteiger partial charge on any atom is 0.410 e. The Balaban J connectivity index is 1.03. The van der Waals surface area contributed by atoms with Gasteiger partial charge in [0, 0.05) is 40.2 Å². The van der Waals surface area contributed by atoms with Crippen LogP contribution in [-0.4, -0.2) is 36.2 Å². The summed E-state index contributed by atoms with van der Waals surface area (Å²) in [5.41, 5.74) is 7.12. The highest BCUT2D eigenvalue weighted by Crippen LogP contribution is 2.46. The van der Waals surface area contributed by atoms with Crippen molar-refractivity contribution in [1.29, 1.82) is 0 Å². The molecule has 2 fully saturated rings. The molecule has 0 N–H and O–H groups in total. The molecular formula is C54H60ClNO4. The number of halogens is 1. The lowest BCUT2D eigenvalue weighted by Gasteiger charge is -2.36. The smallest absolute Gasteiger partial charge is 0.410 e. The van der Waals surface area contributed by atoms with Crippen LogP contribution in [0.25, 0.3) is 11.1 Å². The maximum absolute atomic E-state index is 14.6. The highest BCUT2D eigenvalue weighted by Gasteiger charge is 2.43. The van der Waals surface area contributed by atoms with E-state index < -0.39 is 11.6 Å². The van der Waals surface area contributed by atoms with Gasteiger partial charge < -0.3 is 14.4 Å². The first-order chi connectivity index (χ1) is 29.5. The second kappa shape index (κ2) is 20.1. The number of fused-ring (bicyclic) bond motifs is 3. The summed E-state index contributed by atoms with van der Waals surface area (Å²) in [5, 5.41) is 0.519. The summed E-state index contributed by atoms with van der Waals surface area (Å²) < 4.78 is 13.0. The van der Waals surface area contributed by atoms with Crippen molar-refractivity contribution in [3.63, 3.8) is 0 Å². The molecule has 6 heteroatoms. The van der Waals surface area contributed by atoms with Gasteiger partial charge in [-0.3, -0.25) is 4.79 Å². The second-order valence-electron chi connectivity index (χ2n) is 17.3. The number of hydrogen-bond donors (Lipinski definition) is 0. The Hall–Kier alpha value is -4.87. The Kier molecular flexibility index (Phi) is 14.0. The number of amides is 1. The van der Waals surface area contributed by atoms with Crippen molar-refractivity contribution in [2.24, 2.45) is 0 Å². The number of carbonyl (C=O) groups excluding carboxylic acids is 2. The number of nitrogens with zero attached hydrogens (tertiary/aromatic N) is 1. The Bertz CT molecular complexity index is 2130. The van der Waals surface area contributed by atoms with Crippen LogP contribution in [0.2, 0.25) is 5.02 Å². The van der Waals surface area contributed by atoms with E-state index in [-0.39, 0.29) is 31.1 Å². The first-order valence-corrected chi connectivity index (χ1v) is 23.1. The van der Waals surface area contributed by atoms with E-state index in [2.05, 4.69) is 60.7 Å². The van der Waals surface area contributed by atoms with Gasteiger partial charge in [0.15, 0.2) is 5.60 Å². The van der Waals surface area contributed by atoms with Gasteiger partial charge in [-0.25, -0.2) is 4.79 Å². The van der Waals surface area contributed by atoms with Crippen LogP contribution in [0.3, 0.4) is 0 Å². The van der Waals surface area contributed by atoms with Crippen LogP contribution >= 0.6 is 11.6 Å². The molecule has 60 heavy (non-hydrogen) atoms. The molecule has 2 atom stereocenters. The second-order valence-corrected chi connectivity index (χ2v) is 17.7. The average molecular weight is 823 g/mol. The first kappa shape index (κ1) is 41.8. The predicted molar refractivity (Wildman–Crippen MR) is 242 cm³/mol. The fraction of sp³-hybridized carbons (Fsp3) is 0.407. The van der Waals surface area contributed by atoms with E-state index >= 15 is 0 Å². The van der Waals surface area contributed by atoms with Gasteiger partial charge in [0.2, 0.25) is 0 Å². The Labute approximate surface area is 362 Å². The molecule has 5 aromatic rings. The van der Waals surface area contributed by atoms with E-state index in [1.54, 1.807) is 4.90 Å². The minimum atomic E-state index is -1.31. The summed E-state index contributed by atoms with van der Waals surface area (Å²) >= 11 is 7.08. The molecule has 0 spiro atoms. The largest absolute Gasteiger partial charge is 0.448 e. The average Bonchev–Trinajstić information content (AvgIpc) is 3.88. The molecule has 1 saturated heterocycles. The van der Waals surface area contributed by atoms with Gasteiger partial charge >= 0.3 is 12.1 Å². The number of rotatable bonds is 9. The number of benzene rings is 5. The van der Waals surface area contributed by atoms with Crippen LogP contribution in [0.1, 0.15) is 148 Å². The third-order valence-corrected chi connectivity index (χ3v) is 13.8. The lowest BCUT2D eigenvalue weighted by Crippen LogP contribution is -2.40. The molecular weight excluding hydrogens is 762 g/mol. The third-order valence-electron chi connectivity index (χ3n) is 13.4. The van der Waals surface area contributed by atoms with Gasteiger partial charge in [-0.05, 0) is 65.5 Å². The molecule has 0 aromatic heterocycles. The molecule has 3 aliphatic rings. The SMILES string of the molecule is O=C(C[C@H]1CCCN1C(=O)OCC1c2ccccc2-c2ccccc21)OC(c1ccccc1)(c1ccc(C2CCCCCCCCCCCCC2)cc1)c1ccccc1Cl. The van der Waals surface area contributed by atoms with E-state index in [4.69, 9.17) is 21.1 Å². The Morgan fingerprint density at radius 2 is 1.12 bits per heavy atom. The van der Waals surface area contributed by atoms with E-state index in [1.807, 2.05) is 66.7 Å². The van der Waals surface area contributed by atoms with Crippen molar-refractivity contribution in [2.45, 2.75) is 126 Å². The van der Waals surface area contributed by atoms with Gasteiger partial charge in [-0.15, -0.1) is 0 Å². The highest BCUT2D eigenvalue weighted by atomic mass is 35.5. The van der Waals surface area contributed by atoms with Crippen molar-refractivity contribution >= 4 is 23.7 Å². The van der Waals surface area contributed by atoms with Gasteiger partial charge in [0.05, 0.1) is 6.42 Å². The number of carbonyl (C=O) groups is 2. The number of esters is 1. The third kappa shape index (κ3) is 9.37. The van der Waals surface area contributed by atoms with E-state index in [1.165, 1.54) is 111 Å². The Morgan fingerprint density at radius 1 is 0.583 bits per heavy atom. The number of ether oxygens (including phenoxy) is 2. The van der Waals surface area contributed by atoms with Crippen molar-refractivity contribution in [3.8, 4) is 11.1 Å². The zero-order chi connectivity index (χ0) is 41.2. The van der Waals surface area contributed by atoms with Crippen LogP contribution in [0.5, 0.6) is 0 Å². The lowest BCUT2D eigenvalue weighted by atomic mass is 9.78. The molecule has 2 aliphatic carbocycles. The molecule has 1 amide bonds. The number of likely N-dealkylation sites (tertiary alicyclic amines) is 1. The molecule has 1 saturated carbocycles. The predicted octanol–water partition coefficient (Wildman–Crippen LogP) is 14.1. The molecule has 312 valence electrons. The quantitative estimate of drug-likeness (QED) is 0.110. The van der Waals surface area contributed by atoms with Gasteiger partial charge in [-0.1, -0.05) is 204 Å². The van der Waals surface area contributed by atoms with Crippen molar-refractivity contribution < 1.29 is 19.1 Å². The maximum atomic E-state index is 14.6. The van der Waals surface area contributed by atoms with Crippen LogP contribution in [0, 0.1) is 0 Å². The van der Waals surface area contributed by atoms with Gasteiger partial charge in [0.1, 0.15) is 6.61 Å². The number of hydrogen-bond acceptors (Lipinski definition) is 4. The molecule has 0 radical (unpaired) electrons. The lowest BCUT2D eigenvalue weighted by molar-refractivity contribution is -0.154. The van der Waals surface area contributed by atoms with Crippen LogP contribution in [-0.2, 0) is 19.9 Å². The van der Waals surface area contributed by atoms with E-state index in [0.717, 1.165) is 17.5 Å². The minimum absolute atomic E-state index is 0.0367. The summed E-state index contributed by atoms with van der Waals surface area (Å²) in [7, 11) is 0. The standard InChI is InChI=1S/C54H60ClNO4/c55-51-32-20-19-31-50(51)54(42-24-13-10-14-25-42,43-35-33-41(34-36-43)40-22-11-8-6-4-2-1-3-5-7-9-12-23-40)60-52(57)38-44-26-21-37-56(44)53(58)59-39-49-47-29-17-15-27-45(47)46-28-16-18-30-48(46)49/h10,13-20,24-25,27-36,40,44,49H,1-9,11-12,21-23,26,37-39H2/t44-,54?/m1/s1. The van der Waals surface area contributed by atoms with Gasteiger partial charge in [0.25, 0.3) is 0 Å². The monoisotopic (exact) mass is 821 g/mol. The van der Waals surface area contributed by atoms with Gasteiger partial charge in [-0.2, -0.15) is 0 Å². The van der Waals surface area contributed by atoms with Crippen molar-refractivity contribution in [1.82, 2.24) is 4.90 Å². The zero-order valence-corrected chi connectivity index (χ0v) is 35.8. The van der Waals surface area contributed by atoms with Crippen LogP contribution in [0.15, 0.2) is 127 Å². The topological polar surface area (TPSA) is 55.8 Å². The van der Waals surface area contributed by atoms with E-state index in [9.17, 15) is 9.59 Å². The van der Waals surface area contributed by atoms with Crippen molar-refractivity contribution in [2.75, 3.05) is 13.2 Å². The summed E-state index contributed by atoms with van der Waals surface area (Å²) in [4.78, 5) is 30.1. The minimum Gasteiger partial charge on any atom is -0.448 e. The molecule has 0 bridgehead atoms.